The molecular weight excluding hydrogens is 403 g/mol. The van der Waals surface area contributed by atoms with E-state index in [-0.39, 0.29) is 25.7 Å². The second-order valence-electron chi connectivity index (χ2n) is 7.24. The van der Waals surface area contributed by atoms with E-state index in [0.717, 1.165) is 24.8 Å². The molecule has 0 aromatic heterocycles. The van der Waals surface area contributed by atoms with Gasteiger partial charge in [-0.25, -0.2) is 4.57 Å². The number of esters is 1. The van der Waals surface area contributed by atoms with E-state index >= 15 is 0 Å². The van der Waals surface area contributed by atoms with Crippen LogP contribution in [0, 0.1) is 11.3 Å². The van der Waals surface area contributed by atoms with Gasteiger partial charge in [0.15, 0.2) is 0 Å². The van der Waals surface area contributed by atoms with Gasteiger partial charge in [0.2, 0.25) is 0 Å². The van der Waals surface area contributed by atoms with Gasteiger partial charge >= 0.3 is 13.8 Å². The van der Waals surface area contributed by atoms with E-state index in [1.807, 2.05) is 0 Å². The zero-order chi connectivity index (χ0) is 20.9. The van der Waals surface area contributed by atoms with E-state index in [1.165, 1.54) is 0 Å². The van der Waals surface area contributed by atoms with Gasteiger partial charge < -0.3 is 9.26 Å². The van der Waals surface area contributed by atoms with Crippen LogP contribution in [0.3, 0.4) is 0 Å². The monoisotopic (exact) mass is 436 g/mol. The second kappa shape index (κ2) is 9.88. The van der Waals surface area contributed by atoms with Gasteiger partial charge in [-0.15, -0.1) is 0 Å². The van der Waals surface area contributed by atoms with Crippen molar-refractivity contribution >= 4 is 24.6 Å². The molecule has 2 rings (SSSR count). The van der Waals surface area contributed by atoms with E-state index < -0.39 is 35.3 Å². The maximum Gasteiger partial charge on any atom is 0.529 e. The molecule has 2 aliphatic rings. The van der Waals surface area contributed by atoms with Crippen LogP contribution in [-0.2, 0) is 38.5 Å². The third kappa shape index (κ3) is 4.72. The van der Waals surface area contributed by atoms with E-state index in [9.17, 15) is 13.6 Å². The van der Waals surface area contributed by atoms with Crippen LogP contribution in [0.4, 0.5) is 0 Å². The zero-order valence-corrected chi connectivity index (χ0v) is 19.2. The molecule has 0 radical (unpaired) electrons. The molecule has 3 unspecified atom stereocenters. The van der Waals surface area contributed by atoms with Gasteiger partial charge in [-0.05, 0) is 64.9 Å². The first-order chi connectivity index (χ1) is 13.3. The van der Waals surface area contributed by atoms with Crippen LogP contribution < -0.4 is 0 Å². The molecular formula is C19H33O7PS. The van der Waals surface area contributed by atoms with Crippen molar-refractivity contribution in [3.8, 4) is 0 Å². The average Bonchev–Trinajstić information content (AvgIpc) is 3.09. The lowest BCUT2D eigenvalue weighted by atomic mass is 9.70. The topological polar surface area (TPSA) is 88.1 Å². The highest BCUT2D eigenvalue weighted by Crippen LogP contribution is 2.58. The quantitative estimate of drug-likeness (QED) is 0.372. The second-order valence-corrected chi connectivity index (χ2v) is 10.6. The number of hydrogen-bond acceptors (Lipinski definition) is 7. The normalized spacial score (nSPS) is 28.8. The molecule has 0 heterocycles. The maximum atomic E-state index is 13.1. The van der Waals surface area contributed by atoms with Crippen molar-refractivity contribution in [2.45, 2.75) is 65.6 Å². The summed E-state index contributed by atoms with van der Waals surface area (Å²) in [5.74, 6) is 0.426. The average molecular weight is 437 g/mol. The summed E-state index contributed by atoms with van der Waals surface area (Å²) in [5, 5.41) is -0.741. The van der Waals surface area contributed by atoms with Crippen molar-refractivity contribution in [3.63, 3.8) is 0 Å². The Kier molecular flexibility index (Phi) is 8.32. The third-order valence-electron chi connectivity index (χ3n) is 5.37. The number of fused-ring (bicyclic) bond motifs is 1. The Morgan fingerprint density at radius 1 is 1.18 bits per heavy atom. The van der Waals surface area contributed by atoms with Gasteiger partial charge in [0, 0.05) is 16.6 Å². The Bertz CT molecular complexity index is 667. The Hall–Kier alpha value is -0.690. The molecule has 162 valence electrons. The van der Waals surface area contributed by atoms with Crippen LogP contribution in [0.15, 0.2) is 11.3 Å². The predicted octanol–water partition coefficient (Wildman–Crippen LogP) is 4.35. The minimum absolute atomic E-state index is 0.117. The highest BCUT2D eigenvalue weighted by Gasteiger charge is 2.56. The fraction of sp³-hybridized carbons (Fsp3) is 0.842. The van der Waals surface area contributed by atoms with E-state index in [1.54, 1.807) is 34.6 Å². The number of carbonyl (C=O) groups excluding carboxylic acids is 1. The summed E-state index contributed by atoms with van der Waals surface area (Å²) in [6.45, 7) is 9.30. The highest BCUT2D eigenvalue weighted by molar-refractivity contribution is 7.85. The number of carbonyl (C=O) groups is 1. The summed E-state index contributed by atoms with van der Waals surface area (Å²) in [7, 11) is -5.28. The van der Waals surface area contributed by atoms with Crippen LogP contribution in [0.5, 0.6) is 0 Å². The van der Waals surface area contributed by atoms with Crippen molar-refractivity contribution in [2.75, 3.05) is 25.6 Å². The first-order valence-corrected chi connectivity index (χ1v) is 13.0. The molecule has 4 atom stereocenters. The van der Waals surface area contributed by atoms with Crippen LogP contribution >= 0.6 is 7.82 Å². The Morgan fingerprint density at radius 2 is 1.82 bits per heavy atom. The Balaban J connectivity index is 2.57. The molecule has 7 nitrogen and oxygen atoms in total. The summed E-state index contributed by atoms with van der Waals surface area (Å²) in [6, 6.07) is 0. The van der Waals surface area contributed by atoms with Gasteiger partial charge in [0.25, 0.3) is 0 Å². The summed E-state index contributed by atoms with van der Waals surface area (Å²) >= 11 is 0. The van der Waals surface area contributed by atoms with Crippen LogP contribution in [0.1, 0.15) is 60.3 Å². The minimum atomic E-state index is -3.87. The van der Waals surface area contributed by atoms with E-state index in [2.05, 4.69) is 0 Å². The summed E-state index contributed by atoms with van der Waals surface area (Å²) < 4.78 is 48.1. The zero-order valence-electron chi connectivity index (χ0n) is 17.5. The Morgan fingerprint density at radius 3 is 2.36 bits per heavy atom. The lowest BCUT2D eigenvalue weighted by Gasteiger charge is -2.42. The molecule has 0 saturated heterocycles. The lowest BCUT2D eigenvalue weighted by molar-refractivity contribution is -0.155. The molecule has 1 fully saturated rings. The molecule has 0 amide bonds. The fourth-order valence-corrected chi connectivity index (χ4v) is 7.13. The van der Waals surface area contributed by atoms with E-state index in [4.69, 9.17) is 18.3 Å². The molecule has 2 aliphatic carbocycles. The van der Waals surface area contributed by atoms with Crippen LogP contribution in [-0.4, -0.2) is 41.0 Å². The number of rotatable bonds is 10. The summed E-state index contributed by atoms with van der Waals surface area (Å²) in [5.41, 5.74) is -0.0262. The molecule has 0 aromatic carbocycles. The van der Waals surface area contributed by atoms with Crippen molar-refractivity contribution in [1.29, 1.82) is 0 Å². The summed E-state index contributed by atoms with van der Waals surface area (Å²) in [6.07, 6.45) is 3.19. The van der Waals surface area contributed by atoms with Gasteiger partial charge in [-0.2, -0.15) is 0 Å². The van der Waals surface area contributed by atoms with Crippen molar-refractivity contribution < 1.29 is 31.9 Å². The molecule has 9 heteroatoms. The minimum Gasteiger partial charge on any atom is -0.466 e. The number of ether oxygens (including phenoxy) is 1. The van der Waals surface area contributed by atoms with Gasteiger partial charge in [0.1, 0.15) is 11.0 Å². The van der Waals surface area contributed by atoms with Gasteiger partial charge in [-0.1, -0.05) is 6.92 Å². The lowest BCUT2D eigenvalue weighted by Crippen LogP contribution is -2.49. The molecule has 0 N–H and O–H groups in total. The fourth-order valence-electron chi connectivity index (χ4n) is 4.24. The highest BCUT2D eigenvalue weighted by atomic mass is 32.2. The SMILES string of the molecule is CCOC(=O)C1(C)C[C@H]2CCCC2=C(OP(=O)(OCC)OCC)C1S(=O)CC. The number of hydrogen-bond donors (Lipinski definition) is 0. The Labute approximate surface area is 170 Å². The molecule has 0 aromatic rings. The molecule has 0 aliphatic heterocycles. The van der Waals surface area contributed by atoms with E-state index in [0.29, 0.717) is 17.9 Å². The first kappa shape index (κ1) is 23.6. The molecule has 0 bridgehead atoms. The van der Waals surface area contributed by atoms with Crippen molar-refractivity contribution in [1.82, 2.24) is 0 Å². The molecule has 1 saturated carbocycles. The molecule has 28 heavy (non-hydrogen) atoms. The number of allylic oxidation sites excluding steroid dienone is 1. The van der Waals surface area contributed by atoms with Crippen LogP contribution in [0.25, 0.3) is 0 Å². The largest absolute Gasteiger partial charge is 0.529 e. The van der Waals surface area contributed by atoms with Crippen molar-refractivity contribution in [3.05, 3.63) is 11.3 Å². The predicted molar refractivity (Wildman–Crippen MR) is 108 cm³/mol. The summed E-state index contributed by atoms with van der Waals surface area (Å²) in [4.78, 5) is 12.9. The van der Waals surface area contributed by atoms with Crippen LogP contribution in [0.2, 0.25) is 0 Å². The third-order valence-corrected chi connectivity index (χ3v) is 8.77. The standard InChI is InChI=1S/C19H33O7PS/c1-6-23-18(20)19(5)13-14-11-10-12-15(14)16(17(19)28(22)9-4)26-27(21,24-7-2)25-8-3/h14,17H,6-13H2,1-5H3/t14-,17?,19?,28?/m1/s1. The number of phosphoric ester groups is 1. The smallest absolute Gasteiger partial charge is 0.466 e. The maximum absolute atomic E-state index is 13.1. The molecule has 0 spiro atoms. The van der Waals surface area contributed by atoms with Gasteiger partial charge in [0.05, 0.1) is 25.2 Å². The van der Waals surface area contributed by atoms with Gasteiger partial charge in [-0.3, -0.25) is 18.1 Å². The van der Waals surface area contributed by atoms with Crippen molar-refractivity contribution in [2.24, 2.45) is 11.3 Å². The number of phosphoric acid groups is 1. The first-order valence-electron chi connectivity index (χ1n) is 10.1.